The van der Waals surface area contributed by atoms with Crippen LogP contribution in [0.5, 0.6) is 0 Å². The monoisotopic (exact) mass is 296 g/mol. The van der Waals surface area contributed by atoms with Gasteiger partial charge in [-0.2, -0.15) is 0 Å². The van der Waals surface area contributed by atoms with Crippen LogP contribution in [0.1, 0.15) is 49.7 Å². The van der Waals surface area contributed by atoms with E-state index in [1.807, 2.05) is 38.7 Å². The van der Waals surface area contributed by atoms with E-state index in [0.29, 0.717) is 30.4 Å². The van der Waals surface area contributed by atoms with Gasteiger partial charge in [0, 0.05) is 24.3 Å². The second-order valence-electron chi connectivity index (χ2n) is 6.09. The largest absolute Gasteiger partial charge is 0.372 e. The van der Waals surface area contributed by atoms with Crippen molar-refractivity contribution < 1.29 is 9.53 Å². The molecule has 1 saturated heterocycles. The standard InChI is InChI=1S/C15H21ClN2O2/c1-10(2)12-7-11(8-13(16)17-12)14(19)18-5-6-20-15(3,4)9-18/h7-8,10H,5-6,9H2,1-4H3. The maximum atomic E-state index is 12.6. The number of aromatic nitrogens is 1. The molecule has 2 heterocycles. The summed E-state index contributed by atoms with van der Waals surface area (Å²) in [4.78, 5) is 18.7. The predicted octanol–water partition coefficient (Wildman–Crippen LogP) is 3.11. The Hall–Kier alpha value is -1.13. The Morgan fingerprint density at radius 1 is 1.45 bits per heavy atom. The molecule has 5 heteroatoms. The molecule has 1 aromatic heterocycles. The molecule has 1 amide bonds. The van der Waals surface area contributed by atoms with Crippen LogP contribution in [0, 0.1) is 0 Å². The summed E-state index contributed by atoms with van der Waals surface area (Å²) >= 11 is 6.03. The summed E-state index contributed by atoms with van der Waals surface area (Å²) in [6, 6.07) is 3.47. The molecule has 4 nitrogen and oxygen atoms in total. The van der Waals surface area contributed by atoms with Gasteiger partial charge in [0.15, 0.2) is 0 Å². The van der Waals surface area contributed by atoms with E-state index < -0.39 is 0 Å². The minimum absolute atomic E-state index is 0.00687. The zero-order valence-electron chi connectivity index (χ0n) is 12.4. The summed E-state index contributed by atoms with van der Waals surface area (Å²) in [5.74, 6) is 0.231. The fourth-order valence-electron chi connectivity index (χ4n) is 2.31. The molecule has 0 bridgehead atoms. The van der Waals surface area contributed by atoms with E-state index in [1.165, 1.54) is 0 Å². The van der Waals surface area contributed by atoms with Crippen LogP contribution in [0.3, 0.4) is 0 Å². The lowest BCUT2D eigenvalue weighted by Gasteiger charge is -2.38. The number of amides is 1. The average molecular weight is 297 g/mol. The smallest absolute Gasteiger partial charge is 0.254 e. The third-order valence-corrected chi connectivity index (χ3v) is 3.56. The number of hydrogen-bond donors (Lipinski definition) is 0. The lowest BCUT2D eigenvalue weighted by molar-refractivity contribution is -0.0764. The van der Waals surface area contributed by atoms with Gasteiger partial charge in [-0.3, -0.25) is 4.79 Å². The van der Waals surface area contributed by atoms with E-state index in [0.717, 1.165) is 5.69 Å². The minimum Gasteiger partial charge on any atom is -0.372 e. The van der Waals surface area contributed by atoms with Crippen LogP contribution >= 0.6 is 11.6 Å². The van der Waals surface area contributed by atoms with Crippen LogP contribution in [0.15, 0.2) is 12.1 Å². The van der Waals surface area contributed by atoms with E-state index >= 15 is 0 Å². The van der Waals surface area contributed by atoms with Crippen molar-refractivity contribution in [2.45, 2.75) is 39.2 Å². The molecule has 20 heavy (non-hydrogen) atoms. The Morgan fingerprint density at radius 3 is 2.75 bits per heavy atom. The highest BCUT2D eigenvalue weighted by Crippen LogP contribution is 2.22. The van der Waals surface area contributed by atoms with Crippen LogP contribution in [-0.4, -0.2) is 41.1 Å². The normalized spacial score (nSPS) is 18.4. The molecule has 0 aliphatic carbocycles. The van der Waals surface area contributed by atoms with Gasteiger partial charge in [-0.15, -0.1) is 0 Å². The molecule has 1 aliphatic rings. The number of morpholine rings is 1. The molecule has 0 N–H and O–H groups in total. The first kappa shape index (κ1) is 15.3. The van der Waals surface area contributed by atoms with Crippen molar-refractivity contribution in [1.29, 1.82) is 0 Å². The molecule has 1 aromatic rings. The molecular weight excluding hydrogens is 276 g/mol. The number of carbonyl (C=O) groups is 1. The predicted molar refractivity (Wildman–Crippen MR) is 79.3 cm³/mol. The van der Waals surface area contributed by atoms with Gasteiger partial charge in [-0.1, -0.05) is 25.4 Å². The van der Waals surface area contributed by atoms with Gasteiger partial charge >= 0.3 is 0 Å². The summed E-state index contributed by atoms with van der Waals surface area (Å²) in [6.07, 6.45) is 0. The lowest BCUT2D eigenvalue weighted by Crippen LogP contribution is -2.50. The van der Waals surface area contributed by atoms with E-state index in [4.69, 9.17) is 16.3 Å². The molecule has 110 valence electrons. The Morgan fingerprint density at radius 2 is 2.15 bits per heavy atom. The maximum Gasteiger partial charge on any atom is 0.254 e. The van der Waals surface area contributed by atoms with Crippen molar-refractivity contribution in [2.75, 3.05) is 19.7 Å². The molecule has 1 fully saturated rings. The second kappa shape index (κ2) is 5.70. The molecule has 0 unspecified atom stereocenters. The van der Waals surface area contributed by atoms with E-state index in [-0.39, 0.29) is 17.4 Å². The average Bonchev–Trinajstić information content (AvgIpc) is 2.35. The van der Waals surface area contributed by atoms with Crippen molar-refractivity contribution >= 4 is 17.5 Å². The molecule has 0 radical (unpaired) electrons. The zero-order valence-corrected chi connectivity index (χ0v) is 13.2. The van der Waals surface area contributed by atoms with Gasteiger partial charge in [0.05, 0.1) is 12.2 Å². The molecule has 0 saturated carbocycles. The first-order valence-electron chi connectivity index (χ1n) is 6.89. The van der Waals surface area contributed by atoms with Crippen molar-refractivity contribution in [3.8, 4) is 0 Å². The highest BCUT2D eigenvalue weighted by atomic mass is 35.5. The van der Waals surface area contributed by atoms with Crippen molar-refractivity contribution in [1.82, 2.24) is 9.88 Å². The summed E-state index contributed by atoms with van der Waals surface area (Å²) in [5.41, 5.74) is 1.14. The third kappa shape index (κ3) is 3.49. The number of carbonyl (C=O) groups excluding carboxylic acids is 1. The number of hydrogen-bond acceptors (Lipinski definition) is 3. The van der Waals surface area contributed by atoms with Crippen LogP contribution in [0.2, 0.25) is 5.15 Å². The minimum atomic E-state index is -0.300. The van der Waals surface area contributed by atoms with Crippen LogP contribution in [-0.2, 0) is 4.74 Å². The van der Waals surface area contributed by atoms with Crippen molar-refractivity contribution in [3.05, 3.63) is 28.5 Å². The lowest BCUT2D eigenvalue weighted by atomic mass is 10.0. The first-order chi connectivity index (χ1) is 9.28. The van der Waals surface area contributed by atoms with Crippen LogP contribution < -0.4 is 0 Å². The van der Waals surface area contributed by atoms with Gasteiger partial charge < -0.3 is 9.64 Å². The summed E-state index contributed by atoms with van der Waals surface area (Å²) in [7, 11) is 0. The zero-order chi connectivity index (χ0) is 14.9. The fraction of sp³-hybridized carbons (Fsp3) is 0.600. The quantitative estimate of drug-likeness (QED) is 0.788. The Balaban J connectivity index is 2.24. The van der Waals surface area contributed by atoms with Crippen molar-refractivity contribution in [2.24, 2.45) is 0 Å². The SMILES string of the molecule is CC(C)c1cc(C(=O)N2CCOC(C)(C)C2)cc(Cl)n1. The number of ether oxygens (including phenoxy) is 1. The van der Waals surface area contributed by atoms with Gasteiger partial charge in [-0.25, -0.2) is 4.98 Å². The number of nitrogens with zero attached hydrogens (tertiary/aromatic N) is 2. The Kier molecular flexibility index (Phi) is 4.35. The number of halogens is 1. The van der Waals surface area contributed by atoms with E-state index in [2.05, 4.69) is 4.98 Å². The third-order valence-electron chi connectivity index (χ3n) is 3.37. The van der Waals surface area contributed by atoms with Gasteiger partial charge in [0.2, 0.25) is 0 Å². The number of rotatable bonds is 2. The van der Waals surface area contributed by atoms with Crippen LogP contribution in [0.25, 0.3) is 0 Å². The van der Waals surface area contributed by atoms with Crippen LogP contribution in [0.4, 0.5) is 0 Å². The molecule has 0 atom stereocenters. The number of pyridine rings is 1. The Bertz CT molecular complexity index is 515. The molecule has 0 aromatic carbocycles. The first-order valence-corrected chi connectivity index (χ1v) is 7.27. The topological polar surface area (TPSA) is 42.4 Å². The highest BCUT2D eigenvalue weighted by molar-refractivity contribution is 6.29. The molecular formula is C15H21ClN2O2. The fourth-order valence-corrected chi connectivity index (χ4v) is 2.52. The summed E-state index contributed by atoms with van der Waals surface area (Å²) in [6.45, 7) is 9.81. The van der Waals surface area contributed by atoms with E-state index in [1.54, 1.807) is 6.07 Å². The summed E-state index contributed by atoms with van der Waals surface area (Å²) < 4.78 is 5.63. The highest BCUT2D eigenvalue weighted by Gasteiger charge is 2.30. The van der Waals surface area contributed by atoms with Crippen molar-refractivity contribution in [3.63, 3.8) is 0 Å². The van der Waals surface area contributed by atoms with Gasteiger partial charge in [0.1, 0.15) is 5.15 Å². The maximum absolute atomic E-state index is 12.6. The second-order valence-corrected chi connectivity index (χ2v) is 6.48. The molecule has 1 aliphatic heterocycles. The van der Waals surface area contributed by atoms with E-state index in [9.17, 15) is 4.79 Å². The molecule has 0 spiro atoms. The molecule has 2 rings (SSSR count). The summed E-state index contributed by atoms with van der Waals surface area (Å²) in [5, 5.41) is 0.368. The van der Waals surface area contributed by atoms with Gasteiger partial charge in [0.25, 0.3) is 5.91 Å². The Labute approximate surface area is 125 Å². The van der Waals surface area contributed by atoms with Gasteiger partial charge in [-0.05, 0) is 31.9 Å².